The molecule has 0 saturated carbocycles. The molecule has 0 spiro atoms. The molecule has 1 saturated heterocycles. The van der Waals surface area contributed by atoms with Crippen LogP contribution in [0, 0.1) is 5.92 Å². The van der Waals surface area contributed by atoms with Gasteiger partial charge < -0.3 is 10.4 Å². The number of nitrogens with one attached hydrogen (secondary N) is 1. The molecule has 1 aliphatic rings. The lowest BCUT2D eigenvalue weighted by atomic mass is 9.96. The van der Waals surface area contributed by atoms with E-state index in [1.54, 1.807) is 12.1 Å². The molecule has 1 aromatic rings. The Morgan fingerprint density at radius 3 is 2.16 bits per heavy atom. The van der Waals surface area contributed by atoms with Gasteiger partial charge >= 0.3 is 18.3 Å². The second-order valence-corrected chi connectivity index (χ2v) is 5.37. The zero-order chi connectivity index (χ0) is 19.1. The smallest absolute Gasteiger partial charge is 0.475 e. The minimum Gasteiger partial charge on any atom is -0.475 e. The van der Waals surface area contributed by atoms with Crippen molar-refractivity contribution in [3.63, 3.8) is 0 Å². The number of rotatable bonds is 2. The van der Waals surface area contributed by atoms with Crippen molar-refractivity contribution in [2.45, 2.75) is 25.2 Å². The van der Waals surface area contributed by atoms with Crippen molar-refractivity contribution >= 4 is 12.0 Å². The van der Waals surface area contributed by atoms with Crippen molar-refractivity contribution in [2.24, 2.45) is 5.92 Å². The van der Waals surface area contributed by atoms with Crippen molar-refractivity contribution in [1.82, 2.24) is 5.32 Å². The maximum absolute atomic E-state index is 12.5. The lowest BCUT2D eigenvalue weighted by Gasteiger charge is -2.19. The number of carbonyl (C=O) groups is 1. The molecule has 1 heterocycles. The first-order chi connectivity index (χ1) is 11.5. The first-order valence-corrected chi connectivity index (χ1v) is 7.36. The first kappa shape index (κ1) is 21.0. The lowest BCUT2D eigenvalue weighted by Crippen LogP contribution is -2.26. The Labute approximate surface area is 140 Å². The van der Waals surface area contributed by atoms with Gasteiger partial charge in [-0.2, -0.15) is 26.3 Å². The largest absolute Gasteiger partial charge is 0.490 e. The molecule has 0 amide bonds. The van der Waals surface area contributed by atoms with E-state index in [1.165, 1.54) is 12.1 Å². The van der Waals surface area contributed by atoms with Crippen LogP contribution < -0.4 is 5.32 Å². The van der Waals surface area contributed by atoms with Gasteiger partial charge in [-0.25, -0.2) is 4.79 Å². The number of piperidine rings is 1. The van der Waals surface area contributed by atoms with Crippen LogP contribution in [0.15, 0.2) is 30.3 Å². The summed E-state index contributed by atoms with van der Waals surface area (Å²) >= 11 is 0. The van der Waals surface area contributed by atoms with Crippen molar-refractivity contribution in [3.8, 4) is 0 Å². The van der Waals surface area contributed by atoms with Crippen LogP contribution in [0.2, 0.25) is 0 Å². The monoisotopic (exact) mass is 369 g/mol. The summed E-state index contributed by atoms with van der Waals surface area (Å²) in [5.41, 5.74) is 0.0262. The standard InChI is InChI=1S/C14H16F3N.C2HF3O2/c15-14(16,17)13-3-1-2-12(10-13)5-4-11-6-8-18-9-7-11;3-2(4,5)1(6)7/h1-5,10-11,18H,6-9H2;(H,6,7). The summed E-state index contributed by atoms with van der Waals surface area (Å²) < 4.78 is 69.3. The van der Waals surface area contributed by atoms with Crippen LogP contribution in [-0.4, -0.2) is 30.3 Å². The van der Waals surface area contributed by atoms with Crippen molar-refractivity contribution in [1.29, 1.82) is 0 Å². The van der Waals surface area contributed by atoms with E-state index in [1.807, 2.05) is 6.08 Å². The van der Waals surface area contributed by atoms with E-state index in [4.69, 9.17) is 9.90 Å². The molecule has 0 aromatic heterocycles. The number of aliphatic carboxylic acids is 1. The van der Waals surface area contributed by atoms with E-state index in [-0.39, 0.29) is 0 Å². The van der Waals surface area contributed by atoms with Crippen molar-refractivity contribution in [2.75, 3.05) is 13.1 Å². The van der Waals surface area contributed by atoms with E-state index in [0.29, 0.717) is 11.5 Å². The summed E-state index contributed by atoms with van der Waals surface area (Å²) in [5.74, 6) is -2.28. The Balaban J connectivity index is 0.000000381. The third-order valence-corrected chi connectivity index (χ3v) is 3.40. The second kappa shape index (κ2) is 8.89. The van der Waals surface area contributed by atoms with Gasteiger partial charge in [0.1, 0.15) is 0 Å². The Morgan fingerprint density at radius 2 is 1.68 bits per heavy atom. The highest BCUT2D eigenvalue weighted by Crippen LogP contribution is 2.30. The molecule has 0 unspecified atom stereocenters. The van der Waals surface area contributed by atoms with E-state index in [0.717, 1.165) is 32.0 Å². The molecule has 2 N–H and O–H groups in total. The Hall–Kier alpha value is -2.03. The zero-order valence-electron chi connectivity index (χ0n) is 13.0. The molecule has 9 heteroatoms. The zero-order valence-corrected chi connectivity index (χ0v) is 13.0. The van der Waals surface area contributed by atoms with E-state index in [9.17, 15) is 26.3 Å². The van der Waals surface area contributed by atoms with E-state index in [2.05, 4.69) is 5.32 Å². The van der Waals surface area contributed by atoms with Gasteiger partial charge in [-0.3, -0.25) is 0 Å². The quantitative estimate of drug-likeness (QED) is 0.762. The van der Waals surface area contributed by atoms with Crippen LogP contribution in [0.5, 0.6) is 0 Å². The van der Waals surface area contributed by atoms with Gasteiger partial charge in [-0.1, -0.05) is 24.3 Å². The predicted molar refractivity (Wildman–Crippen MR) is 79.8 cm³/mol. The van der Waals surface area contributed by atoms with Gasteiger partial charge in [-0.05, 0) is 49.5 Å². The summed E-state index contributed by atoms with van der Waals surface area (Å²) in [4.78, 5) is 8.90. The van der Waals surface area contributed by atoms with Gasteiger partial charge in [0.2, 0.25) is 0 Å². The van der Waals surface area contributed by atoms with Crippen LogP contribution in [0.3, 0.4) is 0 Å². The number of halogens is 6. The third-order valence-electron chi connectivity index (χ3n) is 3.40. The Bertz CT molecular complexity index is 589. The van der Waals surface area contributed by atoms with Crippen molar-refractivity contribution < 1.29 is 36.2 Å². The van der Waals surface area contributed by atoms with Gasteiger partial charge in [0.15, 0.2) is 0 Å². The Kier molecular flexibility index (Phi) is 7.47. The Morgan fingerprint density at radius 1 is 1.12 bits per heavy atom. The molecule has 25 heavy (non-hydrogen) atoms. The second-order valence-electron chi connectivity index (χ2n) is 5.37. The molecule has 1 fully saturated rings. The minimum atomic E-state index is -5.08. The van der Waals surface area contributed by atoms with Crippen molar-refractivity contribution in [3.05, 3.63) is 41.5 Å². The fourth-order valence-electron chi connectivity index (χ4n) is 2.10. The molecule has 3 nitrogen and oxygen atoms in total. The maximum Gasteiger partial charge on any atom is 0.490 e. The van der Waals surface area contributed by atoms with Crippen LogP contribution >= 0.6 is 0 Å². The third kappa shape index (κ3) is 8.06. The normalized spacial score (nSPS) is 16.4. The highest BCUT2D eigenvalue weighted by molar-refractivity contribution is 5.73. The van der Waals surface area contributed by atoms with E-state index < -0.39 is 23.9 Å². The van der Waals surface area contributed by atoms with Gasteiger partial charge in [0, 0.05) is 0 Å². The fourth-order valence-corrected chi connectivity index (χ4v) is 2.10. The van der Waals surface area contributed by atoms with Crippen LogP contribution in [0.1, 0.15) is 24.0 Å². The number of alkyl halides is 6. The molecular weight excluding hydrogens is 352 g/mol. The number of allylic oxidation sites excluding steroid dienone is 1. The average molecular weight is 369 g/mol. The molecule has 0 radical (unpaired) electrons. The topological polar surface area (TPSA) is 49.3 Å². The summed E-state index contributed by atoms with van der Waals surface area (Å²) in [6.07, 6.45) is -3.43. The lowest BCUT2D eigenvalue weighted by molar-refractivity contribution is -0.192. The number of benzene rings is 1. The summed E-state index contributed by atoms with van der Waals surface area (Å²) in [7, 11) is 0. The summed E-state index contributed by atoms with van der Waals surface area (Å²) in [6.45, 7) is 1.97. The molecule has 1 aliphatic heterocycles. The molecular formula is C16H17F6NO2. The number of hydrogen-bond acceptors (Lipinski definition) is 2. The molecule has 0 bridgehead atoms. The molecule has 140 valence electrons. The van der Waals surface area contributed by atoms with Crippen LogP contribution in [0.25, 0.3) is 6.08 Å². The van der Waals surface area contributed by atoms with Gasteiger partial charge in [0.05, 0.1) is 5.56 Å². The van der Waals surface area contributed by atoms with Crippen LogP contribution in [0.4, 0.5) is 26.3 Å². The number of carboxylic acid groups (broad SMARTS) is 1. The average Bonchev–Trinajstić information content (AvgIpc) is 2.53. The summed E-state index contributed by atoms with van der Waals surface area (Å²) in [6, 6.07) is 5.44. The molecule has 1 aromatic carbocycles. The number of carboxylic acids is 1. The fraction of sp³-hybridized carbons (Fsp3) is 0.438. The highest BCUT2D eigenvalue weighted by Gasteiger charge is 2.38. The predicted octanol–water partition coefficient (Wildman–Crippen LogP) is 4.35. The van der Waals surface area contributed by atoms with Gasteiger partial charge in [-0.15, -0.1) is 0 Å². The highest BCUT2D eigenvalue weighted by atomic mass is 19.4. The van der Waals surface area contributed by atoms with E-state index >= 15 is 0 Å². The summed E-state index contributed by atoms with van der Waals surface area (Å²) in [5, 5.41) is 10.4. The number of hydrogen-bond donors (Lipinski definition) is 2. The van der Waals surface area contributed by atoms with Crippen LogP contribution in [-0.2, 0) is 11.0 Å². The molecule has 2 rings (SSSR count). The maximum atomic E-state index is 12.5. The van der Waals surface area contributed by atoms with Gasteiger partial charge in [0.25, 0.3) is 0 Å². The minimum absolute atomic E-state index is 0.473. The SMILES string of the molecule is FC(F)(F)c1cccc(C=CC2CCNCC2)c1.O=C(O)C(F)(F)F. The molecule has 0 aliphatic carbocycles. The molecule has 0 atom stereocenters. The first-order valence-electron chi connectivity index (χ1n) is 7.36.